The average molecular weight is 363 g/mol. The van der Waals surface area contributed by atoms with E-state index in [0.29, 0.717) is 0 Å². The monoisotopic (exact) mass is 363 g/mol. The molecule has 0 radical (unpaired) electrons. The minimum atomic E-state index is -1.64. The van der Waals surface area contributed by atoms with E-state index in [0.717, 1.165) is 49.6 Å². The standard InChI is InChI=1S/C19H20F3N3O/c1-24-8-10-25(11-9-24)14-4-2-13(3-5-14)12-23-19(26)15-6-7-16(20)18(22)17(15)21/h2-7H,8-12H2,1H3,(H,23,26). The van der Waals surface area contributed by atoms with E-state index in [-0.39, 0.29) is 6.54 Å². The number of rotatable bonds is 4. The number of carbonyl (C=O) groups excluding carboxylic acids is 1. The van der Waals surface area contributed by atoms with Crippen LogP contribution in [0.15, 0.2) is 36.4 Å². The van der Waals surface area contributed by atoms with Crippen LogP contribution in [0.4, 0.5) is 18.9 Å². The number of piperazine rings is 1. The molecule has 1 aliphatic heterocycles. The molecule has 0 spiro atoms. The van der Waals surface area contributed by atoms with E-state index in [4.69, 9.17) is 0 Å². The van der Waals surface area contributed by atoms with Crippen molar-refractivity contribution < 1.29 is 18.0 Å². The minimum Gasteiger partial charge on any atom is -0.369 e. The zero-order valence-corrected chi connectivity index (χ0v) is 14.4. The fraction of sp³-hybridized carbons (Fsp3) is 0.316. The first-order chi connectivity index (χ1) is 12.5. The van der Waals surface area contributed by atoms with Crippen LogP contribution in [0.3, 0.4) is 0 Å². The highest BCUT2D eigenvalue weighted by Gasteiger charge is 2.18. The Morgan fingerprint density at radius 1 is 0.962 bits per heavy atom. The van der Waals surface area contributed by atoms with E-state index >= 15 is 0 Å². The van der Waals surface area contributed by atoms with Crippen LogP contribution in [-0.2, 0) is 6.54 Å². The largest absolute Gasteiger partial charge is 0.369 e. The fourth-order valence-electron chi connectivity index (χ4n) is 2.87. The van der Waals surface area contributed by atoms with Crippen molar-refractivity contribution in [3.8, 4) is 0 Å². The smallest absolute Gasteiger partial charge is 0.254 e. The lowest BCUT2D eigenvalue weighted by Gasteiger charge is -2.34. The Morgan fingerprint density at radius 2 is 1.62 bits per heavy atom. The van der Waals surface area contributed by atoms with Crippen LogP contribution in [0.2, 0.25) is 0 Å². The predicted molar refractivity (Wildman–Crippen MR) is 93.6 cm³/mol. The van der Waals surface area contributed by atoms with Crippen LogP contribution in [0.25, 0.3) is 0 Å². The first kappa shape index (κ1) is 18.3. The number of benzene rings is 2. The van der Waals surface area contributed by atoms with Crippen molar-refractivity contribution in [3.63, 3.8) is 0 Å². The molecule has 0 atom stereocenters. The fourth-order valence-corrected chi connectivity index (χ4v) is 2.87. The van der Waals surface area contributed by atoms with E-state index < -0.39 is 28.9 Å². The number of hydrogen-bond donors (Lipinski definition) is 1. The Morgan fingerprint density at radius 3 is 2.27 bits per heavy atom. The molecule has 7 heteroatoms. The van der Waals surface area contributed by atoms with Gasteiger partial charge in [-0.05, 0) is 36.9 Å². The molecule has 1 amide bonds. The summed E-state index contributed by atoms with van der Waals surface area (Å²) in [7, 11) is 2.10. The number of amides is 1. The molecular formula is C19H20F3N3O. The number of nitrogens with one attached hydrogen (secondary N) is 1. The number of anilines is 1. The van der Waals surface area contributed by atoms with Crippen LogP contribution in [-0.4, -0.2) is 44.0 Å². The molecule has 1 saturated heterocycles. The highest BCUT2D eigenvalue weighted by molar-refractivity contribution is 5.94. The number of halogens is 3. The van der Waals surface area contributed by atoms with Crippen molar-refractivity contribution in [2.45, 2.75) is 6.54 Å². The molecule has 2 aromatic rings. The molecule has 0 unspecified atom stereocenters. The van der Waals surface area contributed by atoms with Crippen LogP contribution < -0.4 is 10.2 Å². The van der Waals surface area contributed by atoms with Gasteiger partial charge in [-0.2, -0.15) is 0 Å². The van der Waals surface area contributed by atoms with Crippen LogP contribution >= 0.6 is 0 Å². The second kappa shape index (κ2) is 7.78. The number of likely N-dealkylation sites (N-methyl/N-ethyl adjacent to an activating group) is 1. The van der Waals surface area contributed by atoms with Gasteiger partial charge in [-0.1, -0.05) is 12.1 Å². The quantitative estimate of drug-likeness (QED) is 0.849. The Bertz CT molecular complexity index is 787. The van der Waals surface area contributed by atoms with Crippen molar-refractivity contribution in [2.75, 3.05) is 38.1 Å². The third-order valence-corrected chi connectivity index (χ3v) is 4.54. The molecule has 0 bridgehead atoms. The van der Waals surface area contributed by atoms with Gasteiger partial charge in [0, 0.05) is 38.4 Å². The van der Waals surface area contributed by atoms with E-state index in [1.54, 1.807) is 0 Å². The van der Waals surface area contributed by atoms with Crippen molar-refractivity contribution in [2.24, 2.45) is 0 Å². The predicted octanol–water partition coefficient (Wildman–Crippen LogP) is 2.79. The number of nitrogens with zero attached hydrogens (tertiary/aromatic N) is 2. The summed E-state index contributed by atoms with van der Waals surface area (Å²) in [5.41, 5.74) is 1.43. The van der Waals surface area contributed by atoms with E-state index in [9.17, 15) is 18.0 Å². The Balaban J connectivity index is 1.60. The van der Waals surface area contributed by atoms with Crippen molar-refractivity contribution in [1.82, 2.24) is 10.2 Å². The van der Waals surface area contributed by atoms with E-state index in [2.05, 4.69) is 22.2 Å². The molecule has 1 fully saturated rings. The summed E-state index contributed by atoms with van der Waals surface area (Å²) in [5.74, 6) is -5.23. The molecule has 26 heavy (non-hydrogen) atoms. The van der Waals surface area contributed by atoms with E-state index in [1.807, 2.05) is 24.3 Å². The van der Waals surface area contributed by atoms with Gasteiger partial charge in [0.05, 0.1) is 5.56 Å². The topological polar surface area (TPSA) is 35.6 Å². The van der Waals surface area contributed by atoms with E-state index in [1.165, 1.54) is 0 Å². The Hall–Kier alpha value is -2.54. The average Bonchev–Trinajstić information content (AvgIpc) is 2.65. The molecule has 2 aromatic carbocycles. The van der Waals surface area contributed by atoms with Crippen LogP contribution in [0.1, 0.15) is 15.9 Å². The molecular weight excluding hydrogens is 343 g/mol. The first-order valence-electron chi connectivity index (χ1n) is 8.40. The maximum atomic E-state index is 13.6. The van der Waals surface area contributed by atoms with Gasteiger partial charge in [-0.3, -0.25) is 4.79 Å². The maximum Gasteiger partial charge on any atom is 0.254 e. The zero-order valence-electron chi connectivity index (χ0n) is 14.4. The molecule has 138 valence electrons. The highest BCUT2D eigenvalue weighted by atomic mass is 19.2. The number of carbonyl (C=O) groups is 1. The van der Waals surface area contributed by atoms with Crippen molar-refractivity contribution >= 4 is 11.6 Å². The third kappa shape index (κ3) is 3.99. The summed E-state index contributed by atoms with van der Waals surface area (Å²) in [6.07, 6.45) is 0. The zero-order chi connectivity index (χ0) is 18.7. The Kier molecular flexibility index (Phi) is 5.46. The van der Waals surface area contributed by atoms with Gasteiger partial charge >= 0.3 is 0 Å². The van der Waals surface area contributed by atoms with Gasteiger partial charge in [0.1, 0.15) is 0 Å². The maximum absolute atomic E-state index is 13.6. The van der Waals surface area contributed by atoms with Gasteiger partial charge in [0.15, 0.2) is 17.5 Å². The van der Waals surface area contributed by atoms with Gasteiger partial charge < -0.3 is 15.1 Å². The summed E-state index contributed by atoms with van der Waals surface area (Å²) in [4.78, 5) is 16.6. The van der Waals surface area contributed by atoms with Crippen molar-refractivity contribution in [3.05, 3.63) is 65.0 Å². The minimum absolute atomic E-state index is 0.167. The van der Waals surface area contributed by atoms with Gasteiger partial charge in [0.2, 0.25) is 0 Å². The molecule has 1 heterocycles. The van der Waals surface area contributed by atoms with Gasteiger partial charge in [-0.15, -0.1) is 0 Å². The second-order valence-electron chi connectivity index (χ2n) is 6.36. The third-order valence-electron chi connectivity index (χ3n) is 4.54. The summed E-state index contributed by atoms with van der Waals surface area (Å²) < 4.78 is 39.8. The normalized spacial score (nSPS) is 15.2. The first-order valence-corrected chi connectivity index (χ1v) is 8.40. The van der Waals surface area contributed by atoms with Gasteiger partial charge in [-0.25, -0.2) is 13.2 Å². The summed E-state index contributed by atoms with van der Waals surface area (Å²) in [6.45, 7) is 4.11. The molecule has 4 nitrogen and oxygen atoms in total. The Labute approximate surface area is 150 Å². The molecule has 0 aromatic heterocycles. The highest BCUT2D eigenvalue weighted by Crippen LogP contribution is 2.18. The summed E-state index contributed by atoms with van der Waals surface area (Å²) >= 11 is 0. The van der Waals surface area contributed by atoms with Crippen LogP contribution in [0.5, 0.6) is 0 Å². The van der Waals surface area contributed by atoms with Crippen LogP contribution in [0, 0.1) is 17.5 Å². The SMILES string of the molecule is CN1CCN(c2ccc(CNC(=O)c3ccc(F)c(F)c3F)cc2)CC1. The molecule has 1 aliphatic rings. The van der Waals surface area contributed by atoms with Crippen molar-refractivity contribution in [1.29, 1.82) is 0 Å². The lowest BCUT2D eigenvalue weighted by Crippen LogP contribution is -2.44. The molecule has 1 N–H and O–H groups in total. The summed E-state index contributed by atoms with van der Waals surface area (Å²) in [5, 5.41) is 2.52. The molecule has 3 rings (SSSR count). The second-order valence-corrected chi connectivity index (χ2v) is 6.36. The summed E-state index contributed by atoms with van der Waals surface area (Å²) in [6, 6.07) is 9.39. The lowest BCUT2D eigenvalue weighted by molar-refractivity contribution is 0.0945. The number of hydrogen-bond acceptors (Lipinski definition) is 3. The molecule has 0 aliphatic carbocycles. The lowest BCUT2D eigenvalue weighted by atomic mass is 10.1. The van der Waals surface area contributed by atoms with Gasteiger partial charge in [0.25, 0.3) is 5.91 Å². The molecule has 0 saturated carbocycles.